The summed E-state index contributed by atoms with van der Waals surface area (Å²) in [5, 5.41) is 0.981. The molecule has 4 aromatic rings. The fourth-order valence-electron chi connectivity index (χ4n) is 6.01. The number of ketones is 1. The summed E-state index contributed by atoms with van der Waals surface area (Å²) < 4.78 is 0. The smallest absolute Gasteiger partial charge is 0.272 e. The summed E-state index contributed by atoms with van der Waals surface area (Å²) in [5.74, 6) is -0.620. The van der Waals surface area contributed by atoms with Gasteiger partial charge in [-0.25, -0.2) is 0 Å². The number of H-pyrrole nitrogens is 2. The maximum absolute atomic E-state index is 13.9. The van der Waals surface area contributed by atoms with Crippen LogP contribution in [0.4, 0.5) is 0 Å². The molecule has 5 heterocycles. The third-order valence-corrected chi connectivity index (χ3v) is 8.24. The van der Waals surface area contributed by atoms with Gasteiger partial charge >= 0.3 is 0 Å². The first-order chi connectivity index (χ1) is 18.7. The Labute approximate surface area is 227 Å². The molecule has 2 aliphatic rings. The zero-order valence-corrected chi connectivity index (χ0v) is 22.5. The molecule has 0 unspecified atom stereocenters. The van der Waals surface area contributed by atoms with Gasteiger partial charge < -0.3 is 19.8 Å². The van der Waals surface area contributed by atoms with E-state index in [2.05, 4.69) is 15.0 Å². The molecule has 2 N–H and O–H groups in total. The van der Waals surface area contributed by atoms with Crippen LogP contribution in [0.3, 0.4) is 0 Å². The number of rotatable bonds is 6. The number of fused-ring (bicyclic) bond motifs is 3. The van der Waals surface area contributed by atoms with Gasteiger partial charge in [0.25, 0.3) is 5.91 Å². The van der Waals surface area contributed by atoms with Crippen LogP contribution in [0.1, 0.15) is 54.6 Å². The lowest BCUT2D eigenvalue weighted by Crippen LogP contribution is -2.53. The normalized spacial score (nSPS) is 19.6. The Morgan fingerprint density at radius 3 is 2.41 bits per heavy atom. The molecule has 2 amide bonds. The molecule has 0 spiro atoms. The van der Waals surface area contributed by atoms with Gasteiger partial charge in [-0.3, -0.25) is 19.4 Å². The SMILES string of the molecule is CC(C)(C)[C@H](CC(=O)c1cc2ccccc2[nH]1)C(=O)N1C[C@@H]2C[C@H]1CN2C(=O)c1ccc(-c2ccc[nH]2)cn1. The van der Waals surface area contributed by atoms with Gasteiger partial charge in [-0.1, -0.05) is 39.0 Å². The van der Waals surface area contributed by atoms with Crippen LogP contribution in [-0.4, -0.2) is 67.5 Å². The molecule has 2 aliphatic heterocycles. The summed E-state index contributed by atoms with van der Waals surface area (Å²) in [5.41, 5.74) is 3.34. The number of aromatic nitrogens is 3. The van der Waals surface area contributed by atoms with Crippen LogP contribution in [0.25, 0.3) is 22.2 Å². The number of nitrogens with one attached hydrogen (secondary N) is 2. The molecule has 3 aromatic heterocycles. The van der Waals surface area contributed by atoms with E-state index in [4.69, 9.17) is 0 Å². The lowest BCUT2D eigenvalue weighted by Gasteiger charge is -2.39. The zero-order valence-electron chi connectivity index (χ0n) is 22.5. The van der Waals surface area contributed by atoms with Gasteiger partial charge in [-0.2, -0.15) is 0 Å². The summed E-state index contributed by atoms with van der Waals surface area (Å²) in [4.78, 5) is 55.0. The van der Waals surface area contributed by atoms with Crippen LogP contribution < -0.4 is 0 Å². The Morgan fingerprint density at radius 1 is 1.00 bits per heavy atom. The van der Waals surface area contributed by atoms with E-state index in [9.17, 15) is 14.4 Å². The average molecular weight is 524 g/mol. The standard InChI is InChI=1S/C31H33N5O3/c1-31(2,3)23(15-28(37)27-13-19-7-4-5-8-25(19)34-27)29(38)35-17-22-14-21(35)18-36(22)30(39)26-11-10-20(16-33-26)24-9-6-12-32-24/h4-13,16,21-23,32,34H,14-15,17-18H2,1-3H3/t21-,22-,23+/m0/s1. The highest BCUT2D eigenvalue weighted by atomic mass is 16.2. The van der Waals surface area contributed by atoms with E-state index in [0.717, 1.165) is 28.6 Å². The van der Waals surface area contributed by atoms with Crippen LogP contribution in [0.15, 0.2) is 67.0 Å². The second-order valence-electron chi connectivity index (χ2n) is 11.8. The number of Topliss-reactive ketones (excluding diaryl/α,β-unsaturated/α-hetero) is 1. The number of hydrogen-bond donors (Lipinski definition) is 2. The number of pyridine rings is 1. The van der Waals surface area contributed by atoms with Gasteiger partial charge in [0.2, 0.25) is 5.91 Å². The first-order valence-corrected chi connectivity index (χ1v) is 13.5. The number of piperazine rings is 1. The molecule has 200 valence electrons. The predicted molar refractivity (Wildman–Crippen MR) is 149 cm³/mol. The highest BCUT2D eigenvalue weighted by Crippen LogP contribution is 2.38. The molecule has 0 saturated carbocycles. The van der Waals surface area contributed by atoms with Gasteiger partial charge in [0.05, 0.1) is 23.7 Å². The predicted octanol–water partition coefficient (Wildman–Crippen LogP) is 4.92. The number of amides is 2. The largest absolute Gasteiger partial charge is 0.361 e. The molecular weight excluding hydrogens is 490 g/mol. The summed E-state index contributed by atoms with van der Waals surface area (Å²) >= 11 is 0. The number of hydrogen-bond acceptors (Lipinski definition) is 4. The number of carbonyl (C=O) groups excluding carboxylic acids is 3. The van der Waals surface area contributed by atoms with E-state index in [1.165, 1.54) is 0 Å². The quantitative estimate of drug-likeness (QED) is 0.350. The Morgan fingerprint density at radius 2 is 1.77 bits per heavy atom. The van der Waals surface area contributed by atoms with E-state index < -0.39 is 5.92 Å². The fraction of sp³-hybridized carbons (Fsp3) is 0.355. The third kappa shape index (κ3) is 4.64. The van der Waals surface area contributed by atoms with Crippen molar-refractivity contribution in [3.63, 3.8) is 0 Å². The van der Waals surface area contributed by atoms with Crippen molar-refractivity contribution < 1.29 is 14.4 Å². The zero-order chi connectivity index (χ0) is 27.3. The van der Waals surface area contributed by atoms with E-state index in [1.54, 1.807) is 12.3 Å². The van der Waals surface area contributed by atoms with Crippen molar-refractivity contribution in [2.75, 3.05) is 13.1 Å². The molecule has 8 nitrogen and oxygen atoms in total. The van der Waals surface area contributed by atoms with Crippen molar-refractivity contribution in [1.29, 1.82) is 0 Å². The first kappa shape index (κ1) is 25.1. The molecule has 0 radical (unpaired) electrons. The minimum atomic E-state index is -0.456. The van der Waals surface area contributed by atoms with E-state index >= 15 is 0 Å². The van der Waals surface area contributed by atoms with Gasteiger partial charge in [0, 0.05) is 54.1 Å². The minimum absolute atomic E-state index is 0.0000131. The highest BCUT2D eigenvalue weighted by molar-refractivity contribution is 6.01. The summed E-state index contributed by atoms with van der Waals surface area (Å²) in [7, 11) is 0. The van der Waals surface area contributed by atoms with Crippen LogP contribution in [-0.2, 0) is 4.79 Å². The minimum Gasteiger partial charge on any atom is -0.361 e. The van der Waals surface area contributed by atoms with E-state index in [0.29, 0.717) is 24.5 Å². The Kier molecular flexibility index (Phi) is 6.13. The molecule has 6 rings (SSSR count). The third-order valence-electron chi connectivity index (χ3n) is 8.24. The molecule has 39 heavy (non-hydrogen) atoms. The van der Waals surface area contributed by atoms with Gasteiger partial charge in [-0.05, 0) is 48.2 Å². The lowest BCUT2D eigenvalue weighted by molar-refractivity contribution is -0.141. The van der Waals surface area contributed by atoms with E-state index in [1.807, 2.05) is 85.3 Å². The molecular formula is C31H33N5O3. The molecule has 3 atom stereocenters. The summed E-state index contributed by atoms with van der Waals surface area (Å²) in [6.45, 7) is 7.02. The van der Waals surface area contributed by atoms with Crippen LogP contribution in [0.5, 0.6) is 0 Å². The number of likely N-dealkylation sites (tertiary alicyclic amines) is 2. The molecule has 2 saturated heterocycles. The van der Waals surface area contributed by atoms with Crippen LogP contribution in [0.2, 0.25) is 0 Å². The second kappa shape index (κ2) is 9.52. The lowest BCUT2D eigenvalue weighted by atomic mass is 9.76. The molecule has 2 fully saturated rings. The first-order valence-electron chi connectivity index (χ1n) is 13.5. The molecule has 0 aliphatic carbocycles. The van der Waals surface area contributed by atoms with Crippen LogP contribution in [0, 0.1) is 11.3 Å². The molecule has 8 heteroatoms. The van der Waals surface area contributed by atoms with Crippen molar-refractivity contribution in [2.45, 2.75) is 45.7 Å². The number of benzene rings is 1. The number of nitrogens with zero attached hydrogens (tertiary/aromatic N) is 3. The maximum Gasteiger partial charge on any atom is 0.272 e. The highest BCUT2D eigenvalue weighted by Gasteiger charge is 2.50. The van der Waals surface area contributed by atoms with Crippen molar-refractivity contribution in [2.24, 2.45) is 11.3 Å². The number of carbonyl (C=O) groups is 3. The van der Waals surface area contributed by atoms with Crippen molar-refractivity contribution in [3.05, 3.63) is 78.4 Å². The number of aromatic amines is 2. The Hall–Kier alpha value is -4.20. The van der Waals surface area contributed by atoms with E-state index in [-0.39, 0.29) is 41.5 Å². The van der Waals surface area contributed by atoms with Crippen LogP contribution >= 0.6 is 0 Å². The average Bonchev–Trinajstić information content (AvgIpc) is 3.73. The maximum atomic E-state index is 13.9. The monoisotopic (exact) mass is 523 g/mol. The Balaban J connectivity index is 1.13. The van der Waals surface area contributed by atoms with Gasteiger partial charge in [-0.15, -0.1) is 0 Å². The van der Waals surface area contributed by atoms with Crippen molar-refractivity contribution in [1.82, 2.24) is 24.8 Å². The number of para-hydroxylation sites is 1. The van der Waals surface area contributed by atoms with Gasteiger partial charge in [0.1, 0.15) is 5.69 Å². The second-order valence-corrected chi connectivity index (χ2v) is 11.8. The van der Waals surface area contributed by atoms with Gasteiger partial charge in [0.15, 0.2) is 5.78 Å². The fourth-order valence-corrected chi connectivity index (χ4v) is 6.01. The molecule has 2 bridgehead atoms. The Bertz CT molecular complexity index is 1500. The van der Waals surface area contributed by atoms with Crippen molar-refractivity contribution >= 4 is 28.5 Å². The summed E-state index contributed by atoms with van der Waals surface area (Å²) in [6, 6.07) is 17.1. The topological polar surface area (TPSA) is 102 Å². The summed E-state index contributed by atoms with van der Waals surface area (Å²) in [6.07, 6.45) is 4.46. The molecule has 1 aromatic carbocycles. The van der Waals surface area contributed by atoms with Crippen molar-refractivity contribution in [3.8, 4) is 11.3 Å².